The second-order valence-electron chi connectivity index (χ2n) is 8.96. The SMILES string of the molecule is N#CCC(CN1CCN(C(=O)c2ccc(C(F)F)cc2F)CC1)n1ccc(-c2ncnc3[nH]ccc23)c1. The number of halogens is 3. The molecule has 1 N–H and O–H groups in total. The topological polar surface area (TPSA) is 93.8 Å². The van der Waals surface area contributed by atoms with E-state index in [9.17, 15) is 23.2 Å². The number of nitrogens with one attached hydrogen (secondary N) is 1. The zero-order chi connectivity index (χ0) is 25.9. The molecule has 0 spiro atoms. The summed E-state index contributed by atoms with van der Waals surface area (Å²) < 4.78 is 41.9. The van der Waals surface area contributed by atoms with Crippen LogP contribution >= 0.6 is 0 Å². The summed E-state index contributed by atoms with van der Waals surface area (Å²) in [6.07, 6.45) is 4.74. The van der Waals surface area contributed by atoms with Crippen molar-refractivity contribution in [2.75, 3.05) is 32.7 Å². The second kappa shape index (κ2) is 10.4. The number of carbonyl (C=O) groups is 1. The predicted molar refractivity (Wildman–Crippen MR) is 130 cm³/mol. The molecule has 5 rings (SSSR count). The summed E-state index contributed by atoms with van der Waals surface area (Å²) in [7, 11) is 0. The van der Waals surface area contributed by atoms with Gasteiger partial charge >= 0.3 is 0 Å². The molecule has 4 heterocycles. The minimum atomic E-state index is -2.80. The Hall–Kier alpha value is -4.17. The summed E-state index contributed by atoms with van der Waals surface area (Å²) in [6, 6.07) is 8.96. The van der Waals surface area contributed by atoms with Crippen molar-refractivity contribution in [1.82, 2.24) is 29.3 Å². The van der Waals surface area contributed by atoms with Crippen molar-refractivity contribution in [2.24, 2.45) is 0 Å². The molecular weight excluding hydrogens is 483 g/mol. The van der Waals surface area contributed by atoms with Crippen LogP contribution in [0.1, 0.15) is 34.8 Å². The summed E-state index contributed by atoms with van der Waals surface area (Å²) >= 11 is 0. The number of nitriles is 1. The lowest BCUT2D eigenvalue weighted by molar-refractivity contribution is 0.0615. The van der Waals surface area contributed by atoms with Crippen LogP contribution in [0.15, 0.2) is 55.2 Å². The predicted octanol–water partition coefficient (Wildman–Crippen LogP) is 4.42. The average Bonchev–Trinajstić information content (AvgIpc) is 3.58. The molecule has 1 atom stereocenters. The van der Waals surface area contributed by atoms with Crippen LogP contribution in [-0.2, 0) is 0 Å². The number of aromatic amines is 1. The van der Waals surface area contributed by atoms with Gasteiger partial charge in [-0.05, 0) is 24.3 Å². The quantitative estimate of drug-likeness (QED) is 0.400. The molecule has 8 nitrogen and oxygen atoms in total. The maximum atomic E-state index is 14.3. The first-order valence-electron chi connectivity index (χ1n) is 11.9. The molecule has 0 bridgehead atoms. The number of carbonyl (C=O) groups excluding carboxylic acids is 1. The van der Waals surface area contributed by atoms with Gasteiger partial charge in [0.2, 0.25) is 0 Å². The van der Waals surface area contributed by atoms with Gasteiger partial charge < -0.3 is 14.5 Å². The highest BCUT2D eigenvalue weighted by Crippen LogP contribution is 2.27. The first-order valence-corrected chi connectivity index (χ1v) is 11.9. The Balaban J connectivity index is 1.24. The van der Waals surface area contributed by atoms with E-state index in [1.165, 1.54) is 11.2 Å². The Labute approximate surface area is 211 Å². The summed E-state index contributed by atoms with van der Waals surface area (Å²) in [4.78, 5) is 28.2. The highest BCUT2D eigenvalue weighted by molar-refractivity contribution is 5.94. The maximum absolute atomic E-state index is 14.3. The lowest BCUT2D eigenvalue weighted by Gasteiger charge is -2.36. The zero-order valence-electron chi connectivity index (χ0n) is 19.8. The van der Waals surface area contributed by atoms with E-state index in [1.54, 1.807) is 0 Å². The number of fused-ring (bicyclic) bond motifs is 1. The molecule has 1 aromatic carbocycles. The second-order valence-corrected chi connectivity index (χ2v) is 8.96. The fourth-order valence-corrected chi connectivity index (χ4v) is 4.69. The molecule has 1 saturated heterocycles. The third-order valence-corrected chi connectivity index (χ3v) is 6.69. The largest absolute Gasteiger partial charge is 0.348 e. The van der Waals surface area contributed by atoms with Gasteiger partial charge in [-0.3, -0.25) is 9.69 Å². The number of nitrogens with zero attached hydrogens (tertiary/aromatic N) is 6. The first kappa shape index (κ1) is 24.5. The van der Waals surface area contributed by atoms with Gasteiger partial charge in [-0.2, -0.15) is 5.26 Å². The Morgan fingerprint density at radius 3 is 2.68 bits per heavy atom. The molecule has 190 valence electrons. The van der Waals surface area contributed by atoms with Crippen LogP contribution < -0.4 is 0 Å². The van der Waals surface area contributed by atoms with E-state index in [4.69, 9.17) is 0 Å². The van der Waals surface area contributed by atoms with Crippen LogP contribution in [0.3, 0.4) is 0 Å². The monoisotopic (exact) mass is 507 g/mol. The number of hydrogen-bond donors (Lipinski definition) is 1. The number of H-pyrrole nitrogens is 1. The first-order chi connectivity index (χ1) is 17.9. The molecule has 1 aliphatic heterocycles. The number of rotatable bonds is 7. The van der Waals surface area contributed by atoms with Gasteiger partial charge in [0.15, 0.2) is 0 Å². The number of hydrogen-bond acceptors (Lipinski definition) is 5. The summed E-state index contributed by atoms with van der Waals surface area (Å²) in [5.74, 6) is -1.45. The molecule has 0 radical (unpaired) electrons. The highest BCUT2D eigenvalue weighted by atomic mass is 19.3. The normalized spacial score (nSPS) is 15.3. The Bertz CT molecular complexity index is 1450. The van der Waals surface area contributed by atoms with Crippen molar-refractivity contribution in [2.45, 2.75) is 18.9 Å². The van der Waals surface area contributed by atoms with Gasteiger partial charge in [0.05, 0.1) is 29.8 Å². The number of alkyl halides is 2. The summed E-state index contributed by atoms with van der Waals surface area (Å²) in [5.41, 5.74) is 1.82. The smallest absolute Gasteiger partial charge is 0.263 e. The van der Waals surface area contributed by atoms with E-state index in [0.29, 0.717) is 45.2 Å². The summed E-state index contributed by atoms with van der Waals surface area (Å²) in [5, 5.41) is 10.4. The van der Waals surface area contributed by atoms with E-state index in [2.05, 4.69) is 25.9 Å². The molecule has 1 aliphatic rings. The maximum Gasteiger partial charge on any atom is 0.263 e. The van der Waals surface area contributed by atoms with Gasteiger partial charge in [-0.25, -0.2) is 23.1 Å². The third kappa shape index (κ3) is 5.06. The Kier molecular flexibility index (Phi) is 6.92. The number of piperazine rings is 1. The lowest BCUT2D eigenvalue weighted by Crippen LogP contribution is -2.50. The van der Waals surface area contributed by atoms with E-state index < -0.39 is 23.7 Å². The van der Waals surface area contributed by atoms with E-state index >= 15 is 0 Å². The van der Waals surface area contributed by atoms with Gasteiger partial charge in [-0.15, -0.1) is 0 Å². The lowest BCUT2D eigenvalue weighted by atomic mass is 10.1. The fourth-order valence-electron chi connectivity index (χ4n) is 4.69. The molecule has 4 aromatic rings. The van der Waals surface area contributed by atoms with Crippen molar-refractivity contribution < 1.29 is 18.0 Å². The molecule has 1 unspecified atom stereocenters. The molecule has 11 heteroatoms. The Morgan fingerprint density at radius 2 is 1.95 bits per heavy atom. The van der Waals surface area contributed by atoms with Crippen molar-refractivity contribution in [3.63, 3.8) is 0 Å². The molecule has 1 fully saturated rings. The zero-order valence-corrected chi connectivity index (χ0v) is 19.8. The molecule has 0 saturated carbocycles. The van der Waals surface area contributed by atoms with Crippen LogP contribution in [0.25, 0.3) is 22.3 Å². The fraction of sp³-hybridized carbons (Fsp3) is 0.308. The van der Waals surface area contributed by atoms with Crippen LogP contribution in [0.2, 0.25) is 0 Å². The molecule has 3 aromatic heterocycles. The van der Waals surface area contributed by atoms with Crippen molar-refractivity contribution in [3.05, 3.63) is 72.2 Å². The van der Waals surface area contributed by atoms with Crippen LogP contribution in [-0.4, -0.2) is 67.9 Å². The minimum Gasteiger partial charge on any atom is -0.348 e. The van der Waals surface area contributed by atoms with E-state index in [0.717, 1.165) is 34.4 Å². The summed E-state index contributed by atoms with van der Waals surface area (Å²) in [6.45, 7) is 2.45. The van der Waals surface area contributed by atoms with Gasteiger partial charge in [0, 0.05) is 67.8 Å². The molecular formula is C26H24F3N7O. The Morgan fingerprint density at radius 1 is 1.14 bits per heavy atom. The minimum absolute atomic E-state index is 0.108. The molecule has 37 heavy (non-hydrogen) atoms. The molecule has 1 amide bonds. The van der Waals surface area contributed by atoms with E-state index in [-0.39, 0.29) is 11.6 Å². The van der Waals surface area contributed by atoms with E-state index in [1.807, 2.05) is 35.3 Å². The number of benzene rings is 1. The average molecular weight is 508 g/mol. The standard InChI is InChI=1S/C26H24F3N7O/c27-22-13-17(24(28)29)1-2-20(22)26(37)35-11-9-34(10-12-35)15-19(3-6-30)36-8-5-18(14-36)23-21-4-7-31-25(21)33-16-32-23/h1-2,4-5,7-8,13-14,16,19,24H,3,9-12,15H2,(H,31,32,33). The van der Waals surface area contributed by atoms with Crippen LogP contribution in [0.5, 0.6) is 0 Å². The molecule has 0 aliphatic carbocycles. The van der Waals surface area contributed by atoms with Gasteiger partial charge in [0.25, 0.3) is 12.3 Å². The highest BCUT2D eigenvalue weighted by Gasteiger charge is 2.26. The van der Waals surface area contributed by atoms with Crippen molar-refractivity contribution >= 4 is 16.9 Å². The third-order valence-electron chi connectivity index (χ3n) is 6.69. The number of amides is 1. The van der Waals surface area contributed by atoms with Crippen LogP contribution in [0, 0.1) is 17.1 Å². The van der Waals surface area contributed by atoms with Crippen molar-refractivity contribution in [1.29, 1.82) is 5.26 Å². The van der Waals surface area contributed by atoms with Gasteiger partial charge in [-0.1, -0.05) is 6.07 Å². The van der Waals surface area contributed by atoms with Crippen molar-refractivity contribution in [3.8, 4) is 17.3 Å². The number of aromatic nitrogens is 4. The van der Waals surface area contributed by atoms with Gasteiger partial charge in [0.1, 0.15) is 17.8 Å². The van der Waals surface area contributed by atoms with Crippen LogP contribution in [0.4, 0.5) is 13.2 Å².